The normalized spacial score (nSPS) is 50.3. The van der Waals surface area contributed by atoms with E-state index in [-0.39, 0.29) is 5.92 Å². The molecule has 7 nitrogen and oxygen atoms in total. The Balaban J connectivity index is 1.31. The van der Waals surface area contributed by atoms with Gasteiger partial charge in [0, 0.05) is 30.8 Å². The monoisotopic (exact) mass is 438 g/mol. The summed E-state index contributed by atoms with van der Waals surface area (Å²) in [7, 11) is 2.22. The molecule has 0 aromatic carbocycles. The van der Waals surface area contributed by atoms with Crippen LogP contribution < -0.4 is 5.32 Å². The van der Waals surface area contributed by atoms with E-state index in [1.807, 2.05) is 6.92 Å². The van der Waals surface area contributed by atoms with E-state index in [4.69, 9.17) is 24.0 Å². The van der Waals surface area contributed by atoms with Gasteiger partial charge < -0.3 is 24.4 Å². The molecule has 178 valence electrons. The lowest BCUT2D eigenvalue weighted by atomic mass is 9.57. The molecule has 2 bridgehead atoms. The number of hydrogen-bond donors (Lipinski definition) is 1. The van der Waals surface area contributed by atoms with Crippen molar-refractivity contribution in [1.82, 2.24) is 10.2 Å². The SMILES string of the molecule is C[C@@H]1CC[C@H]2[C@@H](C)[C@@](C)(OCCN(C)C3CCNCC3)O[C@@H]3O[C@@]4(C)CC[C@@H]1[C@]32OO4. The second kappa shape index (κ2) is 8.19. The number of likely N-dealkylation sites (N-methyl/N-ethyl adjacent to an activating group) is 1. The number of hydrogen-bond acceptors (Lipinski definition) is 7. The summed E-state index contributed by atoms with van der Waals surface area (Å²) in [5, 5.41) is 3.45. The highest BCUT2D eigenvalue weighted by Crippen LogP contribution is 2.62. The van der Waals surface area contributed by atoms with E-state index in [2.05, 4.69) is 38.0 Å². The van der Waals surface area contributed by atoms with Crippen LogP contribution in [-0.2, 0) is 24.0 Å². The van der Waals surface area contributed by atoms with Gasteiger partial charge >= 0.3 is 0 Å². The average molecular weight is 439 g/mol. The smallest absolute Gasteiger partial charge is 0.201 e. The largest absolute Gasteiger partial charge is 0.348 e. The van der Waals surface area contributed by atoms with Gasteiger partial charge in [-0.15, -0.1) is 0 Å². The molecule has 5 saturated heterocycles. The second-order valence-corrected chi connectivity index (χ2v) is 11.1. The maximum atomic E-state index is 6.69. The fraction of sp³-hybridized carbons (Fsp3) is 1.00. The lowest BCUT2D eigenvalue weighted by Gasteiger charge is -2.62. The maximum Gasteiger partial charge on any atom is 0.201 e. The molecule has 6 aliphatic rings. The molecule has 0 radical (unpaired) electrons. The molecule has 0 aromatic rings. The molecule has 5 heterocycles. The van der Waals surface area contributed by atoms with Crippen LogP contribution in [0.25, 0.3) is 0 Å². The number of nitrogens with zero attached hydrogens (tertiary/aromatic N) is 1. The van der Waals surface area contributed by atoms with Crippen molar-refractivity contribution in [3.63, 3.8) is 0 Å². The Bertz CT molecular complexity index is 660. The van der Waals surface area contributed by atoms with E-state index in [1.165, 1.54) is 19.3 Å². The van der Waals surface area contributed by atoms with Gasteiger partial charge in [-0.3, -0.25) is 0 Å². The minimum atomic E-state index is -0.742. The summed E-state index contributed by atoms with van der Waals surface area (Å²) >= 11 is 0. The molecule has 0 amide bonds. The summed E-state index contributed by atoms with van der Waals surface area (Å²) in [6, 6.07) is 0.637. The minimum Gasteiger partial charge on any atom is -0.348 e. The summed E-state index contributed by atoms with van der Waals surface area (Å²) < 4.78 is 19.7. The molecule has 5 aliphatic heterocycles. The number of rotatable bonds is 5. The molecule has 1 saturated carbocycles. The summed E-state index contributed by atoms with van der Waals surface area (Å²) in [6.07, 6.45) is 6.16. The first-order valence-corrected chi connectivity index (χ1v) is 12.5. The molecule has 8 atom stereocenters. The Hall–Kier alpha value is -0.280. The highest BCUT2D eigenvalue weighted by molar-refractivity contribution is 5.10. The quantitative estimate of drug-likeness (QED) is 0.661. The molecule has 6 rings (SSSR count). The van der Waals surface area contributed by atoms with Crippen molar-refractivity contribution in [2.75, 3.05) is 33.3 Å². The Morgan fingerprint density at radius 3 is 2.52 bits per heavy atom. The van der Waals surface area contributed by atoms with Crippen LogP contribution in [0, 0.1) is 23.7 Å². The standard InChI is InChI=1S/C24H42N2O5/c1-16-6-7-20-17(2)23(4,27-15-14-26(5)18-9-12-25-13-10-18)29-21-24(20)19(16)8-11-22(3,28-21)30-31-24/h16-21,25H,6-15H2,1-5H3/t16-,17-,19+,20+,21+,22-,23+,24-/m1/s1. The Labute approximate surface area is 187 Å². The average Bonchev–Trinajstić information content (AvgIpc) is 2.98. The van der Waals surface area contributed by atoms with Crippen LogP contribution >= 0.6 is 0 Å². The Morgan fingerprint density at radius 1 is 0.968 bits per heavy atom. The van der Waals surface area contributed by atoms with Crippen molar-refractivity contribution >= 4 is 0 Å². The first kappa shape index (κ1) is 22.5. The molecular weight excluding hydrogens is 396 g/mol. The second-order valence-electron chi connectivity index (χ2n) is 11.1. The number of ether oxygens (including phenoxy) is 3. The van der Waals surface area contributed by atoms with E-state index >= 15 is 0 Å². The van der Waals surface area contributed by atoms with Crippen LogP contribution in [0.3, 0.4) is 0 Å². The molecule has 1 aliphatic carbocycles. The van der Waals surface area contributed by atoms with Gasteiger partial charge in [-0.05, 0) is 77.9 Å². The van der Waals surface area contributed by atoms with Crippen LogP contribution in [0.1, 0.15) is 66.2 Å². The number of nitrogens with one attached hydrogen (secondary N) is 1. The molecule has 1 N–H and O–H groups in total. The fourth-order valence-electron chi connectivity index (χ4n) is 7.06. The zero-order chi connectivity index (χ0) is 21.9. The van der Waals surface area contributed by atoms with Gasteiger partial charge in [0.25, 0.3) is 0 Å². The topological polar surface area (TPSA) is 61.4 Å². The van der Waals surface area contributed by atoms with E-state index in [9.17, 15) is 0 Å². The summed E-state index contributed by atoms with van der Waals surface area (Å²) in [5.41, 5.74) is -0.526. The van der Waals surface area contributed by atoms with E-state index in [0.29, 0.717) is 30.4 Å². The number of fused-ring (bicyclic) bond motifs is 2. The van der Waals surface area contributed by atoms with Gasteiger partial charge in [-0.2, -0.15) is 0 Å². The summed E-state index contributed by atoms with van der Waals surface area (Å²) in [5.74, 6) is 0.0172. The lowest BCUT2D eigenvalue weighted by Crippen LogP contribution is -2.73. The lowest BCUT2D eigenvalue weighted by molar-refractivity contribution is -0.585. The zero-order valence-electron chi connectivity index (χ0n) is 20.0. The fourth-order valence-corrected chi connectivity index (χ4v) is 7.06. The predicted molar refractivity (Wildman–Crippen MR) is 116 cm³/mol. The van der Waals surface area contributed by atoms with Crippen LogP contribution in [0.4, 0.5) is 0 Å². The molecule has 1 spiro atoms. The van der Waals surface area contributed by atoms with Crippen molar-refractivity contribution in [1.29, 1.82) is 0 Å². The summed E-state index contributed by atoms with van der Waals surface area (Å²) in [6.45, 7) is 12.5. The molecule has 0 aromatic heterocycles. The highest BCUT2D eigenvalue weighted by atomic mass is 17.3. The van der Waals surface area contributed by atoms with Crippen LogP contribution in [-0.4, -0.2) is 67.7 Å². The van der Waals surface area contributed by atoms with Crippen molar-refractivity contribution < 1.29 is 24.0 Å². The number of piperidine rings is 1. The summed E-state index contributed by atoms with van der Waals surface area (Å²) in [4.78, 5) is 14.6. The van der Waals surface area contributed by atoms with Gasteiger partial charge in [0.15, 0.2) is 17.7 Å². The Kier molecular flexibility index (Phi) is 5.94. The third-order valence-corrected chi connectivity index (χ3v) is 9.31. The maximum absolute atomic E-state index is 6.69. The molecule has 31 heavy (non-hydrogen) atoms. The molecule has 7 heteroatoms. The van der Waals surface area contributed by atoms with Gasteiger partial charge in [0.05, 0.1) is 6.61 Å². The minimum absolute atomic E-state index is 0.192. The van der Waals surface area contributed by atoms with Gasteiger partial charge in [-0.25, -0.2) is 9.78 Å². The molecular formula is C24H42N2O5. The predicted octanol–water partition coefficient (Wildman–Crippen LogP) is 3.28. The highest BCUT2D eigenvalue weighted by Gasteiger charge is 2.71. The van der Waals surface area contributed by atoms with Gasteiger partial charge in [0.1, 0.15) is 0 Å². The third-order valence-electron chi connectivity index (χ3n) is 9.31. The Morgan fingerprint density at radius 2 is 1.74 bits per heavy atom. The molecule has 6 fully saturated rings. The van der Waals surface area contributed by atoms with E-state index < -0.39 is 23.5 Å². The zero-order valence-corrected chi connectivity index (χ0v) is 20.0. The van der Waals surface area contributed by atoms with Crippen LogP contribution in [0.15, 0.2) is 0 Å². The van der Waals surface area contributed by atoms with Crippen molar-refractivity contribution in [3.8, 4) is 0 Å². The molecule has 0 unspecified atom stereocenters. The van der Waals surface area contributed by atoms with Gasteiger partial charge in [0.2, 0.25) is 5.79 Å². The first-order valence-electron chi connectivity index (χ1n) is 12.5. The van der Waals surface area contributed by atoms with E-state index in [0.717, 1.165) is 38.9 Å². The van der Waals surface area contributed by atoms with Crippen molar-refractivity contribution in [3.05, 3.63) is 0 Å². The van der Waals surface area contributed by atoms with Gasteiger partial charge in [-0.1, -0.05) is 13.8 Å². The van der Waals surface area contributed by atoms with Crippen molar-refractivity contribution in [2.45, 2.75) is 95.7 Å². The van der Waals surface area contributed by atoms with Crippen molar-refractivity contribution in [2.24, 2.45) is 23.7 Å². The van der Waals surface area contributed by atoms with Crippen LogP contribution in [0.2, 0.25) is 0 Å². The third kappa shape index (κ3) is 3.69. The van der Waals surface area contributed by atoms with Crippen LogP contribution in [0.5, 0.6) is 0 Å². The first-order chi connectivity index (χ1) is 14.8. The van der Waals surface area contributed by atoms with E-state index in [1.54, 1.807) is 0 Å².